The van der Waals surface area contributed by atoms with Gasteiger partial charge >= 0.3 is 0 Å². The van der Waals surface area contributed by atoms with Crippen LogP contribution in [0, 0.1) is 6.92 Å². The average Bonchev–Trinajstić information content (AvgIpc) is 2.45. The van der Waals surface area contributed by atoms with Crippen molar-refractivity contribution in [2.45, 2.75) is 33.2 Å². The van der Waals surface area contributed by atoms with Crippen LogP contribution in [0.3, 0.4) is 0 Å². The molecule has 0 bridgehead atoms. The zero-order valence-corrected chi connectivity index (χ0v) is 12.6. The van der Waals surface area contributed by atoms with Gasteiger partial charge in [0.2, 0.25) is 0 Å². The predicted octanol–water partition coefficient (Wildman–Crippen LogP) is 2.42. The minimum Gasteiger partial charge on any atom is -0.396 e. The lowest BCUT2D eigenvalue weighted by atomic mass is 10.1. The summed E-state index contributed by atoms with van der Waals surface area (Å²) in [5, 5.41) is 2.84. The number of benzene rings is 1. The first-order chi connectivity index (χ1) is 9.97. The second-order valence-corrected chi connectivity index (χ2v) is 5.36. The summed E-state index contributed by atoms with van der Waals surface area (Å²) < 4.78 is 0. The Labute approximate surface area is 124 Å². The van der Waals surface area contributed by atoms with Crippen molar-refractivity contribution < 1.29 is 4.79 Å². The Morgan fingerprint density at radius 3 is 2.81 bits per heavy atom. The summed E-state index contributed by atoms with van der Waals surface area (Å²) in [7, 11) is 0. The first-order valence-corrected chi connectivity index (χ1v) is 6.93. The molecule has 1 aromatic heterocycles. The fourth-order valence-electron chi connectivity index (χ4n) is 1.95. The van der Waals surface area contributed by atoms with Gasteiger partial charge < -0.3 is 11.1 Å². The first kappa shape index (κ1) is 15.0. The summed E-state index contributed by atoms with van der Waals surface area (Å²) in [6.07, 6.45) is 1.49. The maximum atomic E-state index is 12.2. The van der Waals surface area contributed by atoms with E-state index in [9.17, 15) is 4.79 Å². The fraction of sp³-hybridized carbons (Fsp3) is 0.312. The minimum atomic E-state index is -0.279. The molecule has 5 heteroatoms. The van der Waals surface area contributed by atoms with Gasteiger partial charge in [0.05, 0.1) is 11.9 Å². The van der Waals surface area contributed by atoms with Crippen molar-refractivity contribution in [1.29, 1.82) is 0 Å². The number of carbonyl (C=O) groups excluding carboxylic acids is 1. The molecule has 21 heavy (non-hydrogen) atoms. The summed E-state index contributed by atoms with van der Waals surface area (Å²) in [5.41, 5.74) is 8.53. The van der Waals surface area contributed by atoms with E-state index in [-0.39, 0.29) is 17.5 Å². The van der Waals surface area contributed by atoms with E-state index in [0.29, 0.717) is 18.1 Å². The van der Waals surface area contributed by atoms with E-state index >= 15 is 0 Å². The van der Waals surface area contributed by atoms with Crippen molar-refractivity contribution in [1.82, 2.24) is 15.3 Å². The van der Waals surface area contributed by atoms with Crippen LogP contribution >= 0.6 is 0 Å². The molecule has 5 nitrogen and oxygen atoms in total. The van der Waals surface area contributed by atoms with Gasteiger partial charge in [-0.25, -0.2) is 9.97 Å². The number of amides is 1. The highest BCUT2D eigenvalue weighted by Crippen LogP contribution is 2.13. The molecule has 3 N–H and O–H groups in total. The Morgan fingerprint density at radius 2 is 2.14 bits per heavy atom. The Morgan fingerprint density at radius 1 is 1.38 bits per heavy atom. The van der Waals surface area contributed by atoms with Crippen LogP contribution in [0.1, 0.15) is 47.2 Å². The van der Waals surface area contributed by atoms with Crippen molar-refractivity contribution >= 4 is 11.6 Å². The van der Waals surface area contributed by atoms with Crippen LogP contribution in [0.2, 0.25) is 0 Å². The van der Waals surface area contributed by atoms with E-state index in [1.54, 1.807) is 0 Å². The molecule has 1 aromatic carbocycles. The van der Waals surface area contributed by atoms with Crippen LogP contribution in [0.4, 0.5) is 5.69 Å². The zero-order valence-electron chi connectivity index (χ0n) is 12.6. The maximum absolute atomic E-state index is 12.2. The quantitative estimate of drug-likeness (QED) is 0.903. The van der Waals surface area contributed by atoms with Crippen molar-refractivity contribution in [3.8, 4) is 0 Å². The third-order valence-electron chi connectivity index (χ3n) is 3.10. The molecule has 110 valence electrons. The summed E-state index contributed by atoms with van der Waals surface area (Å²) >= 11 is 0. The summed E-state index contributed by atoms with van der Waals surface area (Å²) in [6, 6.07) is 7.98. The van der Waals surface area contributed by atoms with Gasteiger partial charge in [-0.2, -0.15) is 0 Å². The smallest absolute Gasteiger partial charge is 0.272 e. The van der Waals surface area contributed by atoms with Crippen molar-refractivity contribution in [2.24, 2.45) is 0 Å². The molecular formula is C16H20N4O. The molecule has 0 radical (unpaired) electrons. The third kappa shape index (κ3) is 3.78. The van der Waals surface area contributed by atoms with Gasteiger partial charge in [0.25, 0.3) is 5.91 Å². The van der Waals surface area contributed by atoms with Gasteiger partial charge in [-0.3, -0.25) is 4.79 Å². The number of hydrogen-bond acceptors (Lipinski definition) is 4. The first-order valence-electron chi connectivity index (χ1n) is 6.93. The molecule has 0 unspecified atom stereocenters. The van der Waals surface area contributed by atoms with Crippen molar-refractivity contribution in [3.05, 3.63) is 53.1 Å². The lowest BCUT2D eigenvalue weighted by Gasteiger charge is -2.10. The highest BCUT2D eigenvalue weighted by Gasteiger charge is 2.14. The number of nitrogens with one attached hydrogen (secondary N) is 1. The van der Waals surface area contributed by atoms with Crippen LogP contribution in [0.25, 0.3) is 0 Å². The molecule has 1 amide bonds. The maximum Gasteiger partial charge on any atom is 0.272 e. The van der Waals surface area contributed by atoms with E-state index in [1.807, 2.05) is 45.0 Å². The van der Waals surface area contributed by atoms with Crippen molar-refractivity contribution in [2.75, 3.05) is 5.73 Å². The number of rotatable bonds is 4. The predicted molar refractivity (Wildman–Crippen MR) is 82.9 cm³/mol. The van der Waals surface area contributed by atoms with E-state index in [1.165, 1.54) is 6.20 Å². The number of aryl methyl sites for hydroxylation is 1. The lowest BCUT2D eigenvalue weighted by molar-refractivity contribution is 0.0946. The summed E-state index contributed by atoms with van der Waals surface area (Å²) in [6.45, 7) is 6.41. The van der Waals surface area contributed by atoms with E-state index < -0.39 is 0 Å². The standard InChI is InChI=1S/C16H20N4O/c1-10(2)15-18-9-13(17)14(20-15)16(21)19-8-12-6-4-5-11(3)7-12/h4-7,9-10H,8,17H2,1-3H3,(H,19,21). The number of hydrogen-bond donors (Lipinski definition) is 2. The molecule has 0 aliphatic rings. The van der Waals surface area contributed by atoms with Crippen LogP contribution in [-0.4, -0.2) is 15.9 Å². The molecular weight excluding hydrogens is 264 g/mol. The molecule has 0 aliphatic carbocycles. The number of carbonyl (C=O) groups is 1. The second-order valence-electron chi connectivity index (χ2n) is 5.36. The Bertz CT molecular complexity index is 652. The van der Waals surface area contributed by atoms with Gasteiger partial charge in [0, 0.05) is 12.5 Å². The van der Waals surface area contributed by atoms with Gasteiger partial charge in [0.1, 0.15) is 5.82 Å². The molecule has 0 fully saturated rings. The zero-order chi connectivity index (χ0) is 15.4. The monoisotopic (exact) mass is 284 g/mol. The van der Waals surface area contributed by atoms with Crippen LogP contribution in [0.5, 0.6) is 0 Å². The largest absolute Gasteiger partial charge is 0.396 e. The van der Waals surface area contributed by atoms with Crippen molar-refractivity contribution in [3.63, 3.8) is 0 Å². The van der Waals surface area contributed by atoms with E-state index in [4.69, 9.17) is 5.73 Å². The molecule has 0 saturated heterocycles. The molecule has 0 atom stereocenters. The van der Waals surface area contributed by atoms with Gasteiger partial charge in [-0.15, -0.1) is 0 Å². The van der Waals surface area contributed by atoms with Crippen LogP contribution in [0.15, 0.2) is 30.5 Å². The molecule has 2 rings (SSSR count). The number of nitrogens with two attached hydrogens (primary N) is 1. The Hall–Kier alpha value is -2.43. The highest BCUT2D eigenvalue weighted by molar-refractivity contribution is 5.96. The third-order valence-corrected chi connectivity index (χ3v) is 3.10. The summed E-state index contributed by atoms with van der Waals surface area (Å²) in [4.78, 5) is 20.6. The summed E-state index contributed by atoms with van der Waals surface area (Å²) in [5.74, 6) is 0.483. The topological polar surface area (TPSA) is 80.9 Å². The lowest BCUT2D eigenvalue weighted by Crippen LogP contribution is -2.25. The van der Waals surface area contributed by atoms with E-state index in [2.05, 4.69) is 15.3 Å². The normalized spacial score (nSPS) is 10.7. The molecule has 2 aromatic rings. The van der Waals surface area contributed by atoms with Gasteiger partial charge in [0.15, 0.2) is 5.69 Å². The fourth-order valence-corrected chi connectivity index (χ4v) is 1.95. The molecule has 1 heterocycles. The number of nitrogen functional groups attached to an aromatic ring is 1. The molecule has 0 spiro atoms. The van der Waals surface area contributed by atoms with Crippen LogP contribution in [-0.2, 0) is 6.54 Å². The van der Waals surface area contributed by atoms with Crippen LogP contribution < -0.4 is 11.1 Å². The minimum absolute atomic E-state index is 0.147. The Balaban J connectivity index is 2.11. The van der Waals surface area contributed by atoms with Gasteiger partial charge in [-0.05, 0) is 12.5 Å². The number of nitrogens with zero attached hydrogens (tertiary/aromatic N) is 2. The number of anilines is 1. The highest BCUT2D eigenvalue weighted by atomic mass is 16.1. The average molecular weight is 284 g/mol. The Kier molecular flexibility index (Phi) is 4.52. The van der Waals surface area contributed by atoms with E-state index in [0.717, 1.165) is 11.1 Å². The SMILES string of the molecule is Cc1cccc(CNC(=O)c2nc(C(C)C)ncc2N)c1. The second kappa shape index (κ2) is 6.35. The number of aromatic nitrogens is 2. The molecule has 0 aliphatic heterocycles. The molecule has 0 saturated carbocycles. The van der Waals surface area contributed by atoms with Gasteiger partial charge in [-0.1, -0.05) is 43.7 Å².